The Bertz CT molecular complexity index is 216. The summed E-state index contributed by atoms with van der Waals surface area (Å²) in [6.45, 7) is 6.08. The molecular formula is C14H28N2O. The molecule has 0 aromatic carbocycles. The third kappa shape index (κ3) is 3.94. The fourth-order valence-corrected chi connectivity index (χ4v) is 3.27. The summed E-state index contributed by atoms with van der Waals surface area (Å²) in [6.07, 6.45) is 8.39. The second kappa shape index (κ2) is 6.72. The zero-order valence-corrected chi connectivity index (χ0v) is 11.5. The SMILES string of the molecule is COC1CCN(CCCC2CCCN2)C(C)C1. The van der Waals surface area contributed by atoms with E-state index < -0.39 is 0 Å². The summed E-state index contributed by atoms with van der Waals surface area (Å²) in [5.74, 6) is 0. The first kappa shape index (κ1) is 13.3. The monoisotopic (exact) mass is 240 g/mol. The second-order valence-corrected chi connectivity index (χ2v) is 5.70. The normalized spacial score (nSPS) is 35.3. The van der Waals surface area contributed by atoms with Crippen molar-refractivity contribution in [1.82, 2.24) is 10.2 Å². The van der Waals surface area contributed by atoms with E-state index in [0.717, 1.165) is 6.04 Å². The largest absolute Gasteiger partial charge is 0.381 e. The van der Waals surface area contributed by atoms with Crippen LogP contribution in [0.15, 0.2) is 0 Å². The molecule has 2 heterocycles. The van der Waals surface area contributed by atoms with Crippen molar-refractivity contribution in [3.8, 4) is 0 Å². The molecule has 3 nitrogen and oxygen atoms in total. The van der Waals surface area contributed by atoms with Crippen molar-refractivity contribution in [3.63, 3.8) is 0 Å². The van der Waals surface area contributed by atoms with Gasteiger partial charge in [0.25, 0.3) is 0 Å². The van der Waals surface area contributed by atoms with Gasteiger partial charge in [-0.2, -0.15) is 0 Å². The number of ether oxygens (including phenoxy) is 1. The van der Waals surface area contributed by atoms with Crippen LogP contribution in [-0.2, 0) is 4.74 Å². The Morgan fingerprint density at radius 3 is 2.88 bits per heavy atom. The lowest BCUT2D eigenvalue weighted by molar-refractivity contribution is 0.0153. The van der Waals surface area contributed by atoms with E-state index in [1.807, 2.05) is 7.11 Å². The summed E-state index contributed by atoms with van der Waals surface area (Å²) in [5.41, 5.74) is 0. The van der Waals surface area contributed by atoms with Crippen LogP contribution in [0.1, 0.15) is 45.4 Å². The molecule has 0 aromatic rings. The Morgan fingerprint density at radius 2 is 2.24 bits per heavy atom. The topological polar surface area (TPSA) is 24.5 Å². The molecule has 0 aromatic heterocycles. The smallest absolute Gasteiger partial charge is 0.0598 e. The van der Waals surface area contributed by atoms with Crippen LogP contribution >= 0.6 is 0 Å². The van der Waals surface area contributed by atoms with Gasteiger partial charge in [-0.1, -0.05) is 0 Å². The van der Waals surface area contributed by atoms with Gasteiger partial charge in [0.2, 0.25) is 0 Å². The van der Waals surface area contributed by atoms with Gasteiger partial charge in [-0.15, -0.1) is 0 Å². The maximum absolute atomic E-state index is 5.46. The standard InChI is InChI=1S/C14H28N2O/c1-12-11-14(17-2)7-10-16(12)9-4-6-13-5-3-8-15-13/h12-15H,3-11H2,1-2H3. The predicted molar refractivity (Wildman–Crippen MR) is 71.3 cm³/mol. The molecule has 2 aliphatic heterocycles. The molecule has 2 aliphatic rings. The van der Waals surface area contributed by atoms with Gasteiger partial charge in [0.15, 0.2) is 0 Å². The molecule has 0 bridgehead atoms. The molecule has 3 atom stereocenters. The van der Waals surface area contributed by atoms with Gasteiger partial charge in [-0.25, -0.2) is 0 Å². The minimum absolute atomic E-state index is 0.498. The zero-order valence-electron chi connectivity index (χ0n) is 11.5. The molecular weight excluding hydrogens is 212 g/mol. The van der Waals surface area contributed by atoms with E-state index in [9.17, 15) is 0 Å². The van der Waals surface area contributed by atoms with Crippen LogP contribution in [0.4, 0.5) is 0 Å². The van der Waals surface area contributed by atoms with Crippen LogP contribution in [-0.4, -0.2) is 49.8 Å². The fraction of sp³-hybridized carbons (Fsp3) is 1.00. The van der Waals surface area contributed by atoms with Crippen LogP contribution in [0.25, 0.3) is 0 Å². The van der Waals surface area contributed by atoms with E-state index in [1.54, 1.807) is 0 Å². The van der Waals surface area contributed by atoms with Crippen molar-refractivity contribution < 1.29 is 4.74 Å². The maximum atomic E-state index is 5.46. The van der Waals surface area contributed by atoms with Gasteiger partial charge in [-0.3, -0.25) is 0 Å². The van der Waals surface area contributed by atoms with Crippen molar-refractivity contribution in [2.45, 2.75) is 63.6 Å². The molecule has 0 spiro atoms. The Kier molecular flexibility index (Phi) is 5.26. The maximum Gasteiger partial charge on any atom is 0.0598 e. The highest BCUT2D eigenvalue weighted by molar-refractivity contribution is 4.80. The molecule has 2 saturated heterocycles. The first-order valence-electron chi connectivity index (χ1n) is 7.30. The van der Waals surface area contributed by atoms with Gasteiger partial charge in [-0.05, 0) is 58.5 Å². The number of rotatable bonds is 5. The number of likely N-dealkylation sites (tertiary alicyclic amines) is 1. The van der Waals surface area contributed by atoms with E-state index in [2.05, 4.69) is 17.1 Å². The quantitative estimate of drug-likeness (QED) is 0.795. The molecule has 3 heteroatoms. The molecule has 100 valence electrons. The Labute approximate surface area is 106 Å². The summed E-state index contributed by atoms with van der Waals surface area (Å²) in [5, 5.41) is 3.58. The summed E-state index contributed by atoms with van der Waals surface area (Å²) in [6, 6.07) is 1.51. The molecule has 0 radical (unpaired) electrons. The van der Waals surface area contributed by atoms with Crippen molar-refractivity contribution >= 4 is 0 Å². The number of nitrogens with one attached hydrogen (secondary N) is 1. The van der Waals surface area contributed by atoms with Gasteiger partial charge in [0.1, 0.15) is 0 Å². The average molecular weight is 240 g/mol. The number of nitrogens with zero attached hydrogens (tertiary/aromatic N) is 1. The zero-order chi connectivity index (χ0) is 12.1. The van der Waals surface area contributed by atoms with E-state index >= 15 is 0 Å². The molecule has 17 heavy (non-hydrogen) atoms. The van der Waals surface area contributed by atoms with E-state index in [4.69, 9.17) is 4.74 Å². The number of methoxy groups -OCH3 is 1. The van der Waals surface area contributed by atoms with Crippen LogP contribution < -0.4 is 5.32 Å². The predicted octanol–water partition coefficient (Wildman–Crippen LogP) is 2.02. The Morgan fingerprint density at radius 1 is 1.35 bits per heavy atom. The Hall–Kier alpha value is -0.120. The molecule has 3 unspecified atom stereocenters. The van der Waals surface area contributed by atoms with Gasteiger partial charge in [0, 0.05) is 25.7 Å². The second-order valence-electron chi connectivity index (χ2n) is 5.70. The lowest BCUT2D eigenvalue weighted by atomic mass is 10.00. The van der Waals surface area contributed by atoms with Crippen LogP contribution in [0.2, 0.25) is 0 Å². The summed E-state index contributed by atoms with van der Waals surface area (Å²) < 4.78 is 5.46. The summed E-state index contributed by atoms with van der Waals surface area (Å²) >= 11 is 0. The third-order valence-electron chi connectivity index (χ3n) is 4.46. The lowest BCUT2D eigenvalue weighted by Crippen LogP contribution is -2.43. The number of hydrogen-bond acceptors (Lipinski definition) is 3. The number of piperidine rings is 1. The fourth-order valence-electron chi connectivity index (χ4n) is 3.27. The highest BCUT2D eigenvalue weighted by atomic mass is 16.5. The highest BCUT2D eigenvalue weighted by Crippen LogP contribution is 2.20. The first-order chi connectivity index (χ1) is 8.29. The van der Waals surface area contributed by atoms with Gasteiger partial charge < -0.3 is 15.0 Å². The number of hydrogen-bond donors (Lipinski definition) is 1. The van der Waals surface area contributed by atoms with Crippen molar-refractivity contribution in [1.29, 1.82) is 0 Å². The van der Waals surface area contributed by atoms with Crippen molar-refractivity contribution in [3.05, 3.63) is 0 Å². The molecule has 0 aliphatic carbocycles. The highest BCUT2D eigenvalue weighted by Gasteiger charge is 2.25. The van der Waals surface area contributed by atoms with Crippen molar-refractivity contribution in [2.24, 2.45) is 0 Å². The minimum atomic E-state index is 0.498. The van der Waals surface area contributed by atoms with Crippen molar-refractivity contribution in [2.75, 3.05) is 26.7 Å². The van der Waals surface area contributed by atoms with Crippen LogP contribution in [0.3, 0.4) is 0 Å². The molecule has 2 rings (SSSR count). The van der Waals surface area contributed by atoms with E-state index in [0.29, 0.717) is 12.1 Å². The summed E-state index contributed by atoms with van der Waals surface area (Å²) in [4.78, 5) is 2.64. The lowest BCUT2D eigenvalue weighted by Gasteiger charge is -2.37. The minimum Gasteiger partial charge on any atom is -0.381 e. The Balaban J connectivity index is 1.62. The van der Waals surface area contributed by atoms with Crippen LogP contribution in [0, 0.1) is 0 Å². The summed E-state index contributed by atoms with van der Waals surface area (Å²) in [7, 11) is 1.85. The van der Waals surface area contributed by atoms with Gasteiger partial charge in [0.05, 0.1) is 6.10 Å². The third-order valence-corrected chi connectivity index (χ3v) is 4.46. The molecule has 2 fully saturated rings. The van der Waals surface area contributed by atoms with E-state index in [1.165, 1.54) is 58.2 Å². The van der Waals surface area contributed by atoms with E-state index in [-0.39, 0.29) is 0 Å². The molecule has 0 amide bonds. The van der Waals surface area contributed by atoms with Crippen LogP contribution in [0.5, 0.6) is 0 Å². The van der Waals surface area contributed by atoms with Gasteiger partial charge >= 0.3 is 0 Å². The molecule has 0 saturated carbocycles. The molecule has 1 N–H and O–H groups in total. The first-order valence-corrected chi connectivity index (χ1v) is 7.30. The average Bonchev–Trinajstić information content (AvgIpc) is 2.84.